The first-order valence-electron chi connectivity index (χ1n) is 11.5. The maximum absolute atomic E-state index is 13.9. The third kappa shape index (κ3) is 5.26. The van der Waals surface area contributed by atoms with Crippen LogP contribution in [0.25, 0.3) is 0 Å². The number of ketones is 1. The number of benzene rings is 2. The molecule has 0 radical (unpaired) electrons. The number of anilines is 1. The van der Waals surface area contributed by atoms with Crippen LogP contribution in [0.1, 0.15) is 35.6 Å². The summed E-state index contributed by atoms with van der Waals surface area (Å²) in [6.07, 6.45) is -7.42. The van der Waals surface area contributed by atoms with Crippen molar-refractivity contribution < 1.29 is 44.8 Å². The van der Waals surface area contributed by atoms with Crippen LogP contribution in [0.2, 0.25) is 0 Å². The number of allylic oxidation sites excluding steroid dienone is 1. The molecular weight excluding hydrogens is 563 g/mol. The van der Waals surface area contributed by atoms with Crippen LogP contribution in [0.3, 0.4) is 0 Å². The lowest BCUT2D eigenvalue weighted by atomic mass is 9.92. The Labute approximate surface area is 224 Å². The number of halogens is 5. The molecule has 15 heteroatoms. The van der Waals surface area contributed by atoms with E-state index in [2.05, 4.69) is 0 Å². The standard InChI is InChI=1S/C25H19F5N4O5S/c1-40(38,39)19-9-13(11-31)5-6-16(19)22-21-17(7-8-18(21)35)33(15-4-2-3-14(10-15)25(28,29)30)24(37)34(22)23(36)32-12-20(26)27/h2-6,9-10,20,22H,7-8,12H2,1H3,(H,32,36)/t22-/m1/s1. The molecule has 9 nitrogen and oxygen atoms in total. The Bertz CT molecular complexity index is 1600. The molecule has 4 amide bonds. The number of nitrogens with one attached hydrogen (secondary N) is 1. The number of urea groups is 2. The molecule has 1 aliphatic carbocycles. The number of hydrogen-bond donors (Lipinski definition) is 1. The molecule has 0 saturated carbocycles. The summed E-state index contributed by atoms with van der Waals surface area (Å²) >= 11 is 0. The van der Waals surface area contributed by atoms with Crippen LogP contribution in [0.5, 0.6) is 0 Å². The number of alkyl halides is 5. The number of amides is 4. The monoisotopic (exact) mass is 582 g/mol. The van der Waals surface area contributed by atoms with E-state index in [1.54, 1.807) is 6.07 Å². The summed E-state index contributed by atoms with van der Waals surface area (Å²) in [6, 6.07) is 4.09. The fraction of sp³-hybridized carbons (Fsp3) is 0.280. The van der Waals surface area contributed by atoms with Gasteiger partial charge in [-0.2, -0.15) is 18.4 Å². The molecule has 1 atom stereocenters. The minimum Gasteiger partial charge on any atom is -0.332 e. The van der Waals surface area contributed by atoms with E-state index >= 15 is 0 Å². The molecule has 4 rings (SSSR count). The van der Waals surface area contributed by atoms with Gasteiger partial charge in [0.25, 0.3) is 6.43 Å². The Hall–Kier alpha value is -4.32. The van der Waals surface area contributed by atoms with Crippen molar-refractivity contribution in [2.24, 2.45) is 0 Å². The highest BCUT2D eigenvalue weighted by Crippen LogP contribution is 2.47. The summed E-state index contributed by atoms with van der Waals surface area (Å²) in [4.78, 5) is 40.8. The van der Waals surface area contributed by atoms with Crippen molar-refractivity contribution in [3.8, 4) is 6.07 Å². The van der Waals surface area contributed by atoms with Crippen molar-refractivity contribution in [2.75, 3.05) is 17.7 Å². The molecule has 2 aromatic rings. The van der Waals surface area contributed by atoms with Crippen molar-refractivity contribution in [1.29, 1.82) is 5.26 Å². The van der Waals surface area contributed by atoms with E-state index in [4.69, 9.17) is 0 Å². The van der Waals surface area contributed by atoms with Crippen LogP contribution >= 0.6 is 0 Å². The zero-order valence-corrected chi connectivity index (χ0v) is 21.3. The minimum atomic E-state index is -4.80. The maximum Gasteiger partial charge on any atom is 0.416 e. The maximum atomic E-state index is 13.9. The Balaban J connectivity index is 2.01. The van der Waals surface area contributed by atoms with E-state index in [1.165, 1.54) is 6.07 Å². The van der Waals surface area contributed by atoms with Gasteiger partial charge in [0.1, 0.15) is 6.04 Å². The van der Waals surface area contributed by atoms with Crippen LogP contribution in [0, 0.1) is 11.3 Å². The molecule has 1 aliphatic heterocycles. The highest BCUT2D eigenvalue weighted by Gasteiger charge is 2.49. The summed E-state index contributed by atoms with van der Waals surface area (Å²) < 4.78 is 91.6. The van der Waals surface area contributed by atoms with Gasteiger partial charge in [-0.05, 0) is 42.3 Å². The van der Waals surface area contributed by atoms with Gasteiger partial charge in [0.2, 0.25) is 0 Å². The van der Waals surface area contributed by atoms with Crippen molar-refractivity contribution in [3.05, 3.63) is 70.4 Å². The second-order valence-electron chi connectivity index (χ2n) is 8.94. The van der Waals surface area contributed by atoms with Gasteiger partial charge in [-0.3, -0.25) is 9.69 Å². The summed E-state index contributed by atoms with van der Waals surface area (Å²) in [5, 5.41) is 11.1. The predicted molar refractivity (Wildman–Crippen MR) is 129 cm³/mol. The number of hydrogen-bond acceptors (Lipinski definition) is 6. The first-order valence-corrected chi connectivity index (χ1v) is 13.4. The average Bonchev–Trinajstić information content (AvgIpc) is 3.25. The molecule has 1 N–H and O–H groups in total. The van der Waals surface area contributed by atoms with E-state index in [9.17, 15) is 50.0 Å². The summed E-state index contributed by atoms with van der Waals surface area (Å²) in [5.41, 5.74) is -2.19. The van der Waals surface area contributed by atoms with Gasteiger partial charge < -0.3 is 5.32 Å². The smallest absolute Gasteiger partial charge is 0.332 e. The van der Waals surface area contributed by atoms with Crippen molar-refractivity contribution in [1.82, 2.24) is 10.2 Å². The number of carbonyl (C=O) groups excluding carboxylic acids is 3. The number of rotatable bonds is 5. The zero-order chi connectivity index (χ0) is 29.6. The van der Waals surface area contributed by atoms with Crippen LogP contribution in [0.4, 0.5) is 37.2 Å². The first-order chi connectivity index (χ1) is 18.6. The molecule has 0 bridgehead atoms. The molecule has 0 aromatic heterocycles. The van der Waals surface area contributed by atoms with Gasteiger partial charge in [-0.25, -0.2) is 31.7 Å². The highest BCUT2D eigenvalue weighted by atomic mass is 32.2. The highest BCUT2D eigenvalue weighted by molar-refractivity contribution is 7.90. The molecule has 0 spiro atoms. The Morgan fingerprint density at radius 3 is 2.45 bits per heavy atom. The zero-order valence-electron chi connectivity index (χ0n) is 20.5. The molecule has 0 fully saturated rings. The SMILES string of the molecule is CS(=O)(=O)c1cc(C#N)ccc1[C@@H]1C2=C(CCC2=O)N(c2cccc(C(F)(F)F)c2)C(=O)N1C(=O)NCC(F)F. The fourth-order valence-electron chi connectivity index (χ4n) is 4.65. The van der Waals surface area contributed by atoms with Crippen molar-refractivity contribution in [3.63, 3.8) is 0 Å². The number of Topliss-reactive ketones (excluding diaryl/α,β-unsaturated/α-hetero) is 1. The molecule has 0 unspecified atom stereocenters. The first kappa shape index (κ1) is 28.7. The third-order valence-corrected chi connectivity index (χ3v) is 7.45. The molecular formula is C25H19F5N4O5S. The topological polar surface area (TPSA) is 128 Å². The molecule has 1 heterocycles. The second kappa shape index (κ2) is 10.3. The molecule has 40 heavy (non-hydrogen) atoms. The van der Waals surface area contributed by atoms with Gasteiger partial charge in [0.15, 0.2) is 15.6 Å². The van der Waals surface area contributed by atoms with Crippen molar-refractivity contribution in [2.45, 2.75) is 36.4 Å². The molecule has 2 aromatic carbocycles. The number of nitrogens with zero attached hydrogens (tertiary/aromatic N) is 3. The molecule has 2 aliphatic rings. The van der Waals surface area contributed by atoms with Crippen LogP contribution in [0.15, 0.2) is 58.6 Å². The summed E-state index contributed by atoms with van der Waals surface area (Å²) in [5.74, 6) is -0.639. The quantitative estimate of drug-likeness (QED) is 0.515. The lowest BCUT2D eigenvalue weighted by Gasteiger charge is -2.41. The normalized spacial score (nSPS) is 17.8. The lowest BCUT2D eigenvalue weighted by molar-refractivity contribution is -0.137. The van der Waals surface area contributed by atoms with Gasteiger partial charge in [-0.1, -0.05) is 12.1 Å². The molecule has 210 valence electrons. The second-order valence-corrected chi connectivity index (χ2v) is 10.9. The Morgan fingerprint density at radius 1 is 1.15 bits per heavy atom. The fourth-order valence-corrected chi connectivity index (χ4v) is 5.60. The van der Waals surface area contributed by atoms with Crippen LogP contribution in [-0.2, 0) is 20.8 Å². The van der Waals surface area contributed by atoms with E-state index < -0.39 is 63.3 Å². The van der Waals surface area contributed by atoms with Gasteiger partial charge >= 0.3 is 18.2 Å². The lowest BCUT2D eigenvalue weighted by Crippen LogP contribution is -2.56. The van der Waals surface area contributed by atoms with Crippen molar-refractivity contribution >= 4 is 33.4 Å². The predicted octanol–water partition coefficient (Wildman–Crippen LogP) is 4.56. The summed E-state index contributed by atoms with van der Waals surface area (Å²) in [7, 11) is -4.15. The number of nitriles is 1. The number of carbonyl (C=O) groups is 3. The van der Waals surface area contributed by atoms with Crippen LogP contribution < -0.4 is 10.2 Å². The van der Waals surface area contributed by atoms with E-state index in [0.717, 1.165) is 41.5 Å². The largest absolute Gasteiger partial charge is 0.416 e. The van der Waals surface area contributed by atoms with E-state index in [-0.39, 0.29) is 40.9 Å². The Morgan fingerprint density at radius 2 is 1.85 bits per heavy atom. The minimum absolute atomic E-state index is 0.0685. The summed E-state index contributed by atoms with van der Waals surface area (Å²) in [6.45, 7) is -1.22. The van der Waals surface area contributed by atoms with E-state index in [0.29, 0.717) is 11.0 Å². The van der Waals surface area contributed by atoms with Gasteiger partial charge in [0.05, 0.1) is 34.3 Å². The van der Waals surface area contributed by atoms with Gasteiger partial charge in [-0.15, -0.1) is 0 Å². The van der Waals surface area contributed by atoms with Gasteiger partial charge in [0, 0.05) is 23.9 Å². The number of imide groups is 1. The number of sulfone groups is 1. The third-order valence-electron chi connectivity index (χ3n) is 6.29. The Kier molecular flexibility index (Phi) is 7.41. The van der Waals surface area contributed by atoms with Crippen LogP contribution in [-0.4, -0.2) is 50.4 Å². The molecule has 0 saturated heterocycles. The van der Waals surface area contributed by atoms with E-state index in [1.807, 2.05) is 5.32 Å². The average molecular weight is 583 g/mol.